The van der Waals surface area contributed by atoms with Crippen LogP contribution in [0.1, 0.15) is 11.1 Å². The van der Waals surface area contributed by atoms with Crippen molar-refractivity contribution in [3.05, 3.63) is 58.9 Å². The van der Waals surface area contributed by atoms with Gasteiger partial charge in [-0.3, -0.25) is 9.98 Å². The van der Waals surface area contributed by atoms with Crippen LogP contribution < -0.4 is 0 Å². The molecule has 0 radical (unpaired) electrons. The van der Waals surface area contributed by atoms with Gasteiger partial charge in [-0.2, -0.15) is 0 Å². The van der Waals surface area contributed by atoms with Crippen LogP contribution in [0, 0.1) is 0 Å². The lowest BCUT2D eigenvalue weighted by Gasteiger charge is -1.95. The number of aliphatic imine (C=N–C) groups is 1. The van der Waals surface area contributed by atoms with E-state index < -0.39 is 0 Å². The number of hydrogen-bond donors (Lipinski definition) is 2. The first-order chi connectivity index (χ1) is 9.74. The summed E-state index contributed by atoms with van der Waals surface area (Å²) in [7, 11) is 0. The van der Waals surface area contributed by atoms with Crippen molar-refractivity contribution in [2.45, 2.75) is 6.54 Å². The van der Waals surface area contributed by atoms with E-state index in [1.54, 1.807) is 30.7 Å². The number of pyridine rings is 1. The molecule has 20 heavy (non-hydrogen) atoms. The summed E-state index contributed by atoms with van der Waals surface area (Å²) in [6.07, 6.45) is 5.13. The van der Waals surface area contributed by atoms with E-state index >= 15 is 0 Å². The highest BCUT2D eigenvalue weighted by molar-refractivity contribution is 6.31. The number of benzene rings is 1. The molecule has 0 fully saturated rings. The summed E-state index contributed by atoms with van der Waals surface area (Å²) in [5.41, 5.74) is 2.53. The van der Waals surface area contributed by atoms with Gasteiger partial charge in [0.2, 0.25) is 0 Å². The minimum Gasteiger partial charge on any atom is -0.494 e. The van der Waals surface area contributed by atoms with Crippen LogP contribution >= 0.6 is 11.6 Å². The van der Waals surface area contributed by atoms with Crippen LogP contribution in [0.15, 0.2) is 47.7 Å². The van der Waals surface area contributed by atoms with Crippen LogP contribution in [-0.4, -0.2) is 21.3 Å². The summed E-state index contributed by atoms with van der Waals surface area (Å²) >= 11 is 5.92. The maximum Gasteiger partial charge on any atom is 0.198 e. The number of H-pyrrole nitrogens is 1. The van der Waals surface area contributed by atoms with Crippen molar-refractivity contribution in [3.63, 3.8) is 0 Å². The van der Waals surface area contributed by atoms with Gasteiger partial charge >= 0.3 is 0 Å². The highest BCUT2D eigenvalue weighted by atomic mass is 35.5. The number of nitrogens with zero attached hydrogens (tertiary/aromatic N) is 2. The first-order valence-corrected chi connectivity index (χ1v) is 6.51. The molecule has 0 saturated heterocycles. The van der Waals surface area contributed by atoms with Gasteiger partial charge in [0.25, 0.3) is 0 Å². The molecule has 3 aromatic rings. The van der Waals surface area contributed by atoms with Gasteiger partial charge in [0.15, 0.2) is 5.88 Å². The lowest BCUT2D eigenvalue weighted by molar-refractivity contribution is 0.457. The predicted octanol–water partition coefficient (Wildman–Crippen LogP) is 3.54. The van der Waals surface area contributed by atoms with Gasteiger partial charge in [-0.15, -0.1) is 0 Å². The molecule has 0 aliphatic rings. The van der Waals surface area contributed by atoms with Crippen LogP contribution in [-0.2, 0) is 6.54 Å². The van der Waals surface area contributed by atoms with E-state index in [9.17, 15) is 5.11 Å². The van der Waals surface area contributed by atoms with Crippen molar-refractivity contribution < 1.29 is 5.11 Å². The van der Waals surface area contributed by atoms with Gasteiger partial charge in [0, 0.05) is 29.0 Å². The Bertz CT molecular complexity index is 765. The summed E-state index contributed by atoms with van der Waals surface area (Å²) < 4.78 is 0. The lowest BCUT2D eigenvalue weighted by Crippen LogP contribution is -1.84. The molecule has 0 spiro atoms. The van der Waals surface area contributed by atoms with Gasteiger partial charge in [-0.1, -0.05) is 17.7 Å². The maximum absolute atomic E-state index is 9.92. The molecule has 0 bridgehead atoms. The van der Waals surface area contributed by atoms with Crippen molar-refractivity contribution in [1.82, 2.24) is 9.97 Å². The van der Waals surface area contributed by atoms with Crippen molar-refractivity contribution in [1.29, 1.82) is 0 Å². The van der Waals surface area contributed by atoms with E-state index in [0.717, 1.165) is 16.5 Å². The zero-order valence-corrected chi connectivity index (χ0v) is 11.3. The van der Waals surface area contributed by atoms with Crippen LogP contribution in [0.3, 0.4) is 0 Å². The van der Waals surface area contributed by atoms with Crippen LogP contribution in [0.25, 0.3) is 10.9 Å². The number of fused-ring (bicyclic) bond motifs is 1. The second-order valence-electron chi connectivity index (χ2n) is 4.40. The third-order valence-electron chi connectivity index (χ3n) is 3.02. The molecule has 0 atom stereocenters. The fraction of sp³-hybridized carbons (Fsp3) is 0.0667. The molecule has 0 unspecified atom stereocenters. The van der Waals surface area contributed by atoms with Gasteiger partial charge in [-0.25, -0.2) is 0 Å². The molecular formula is C15H12ClN3O. The second kappa shape index (κ2) is 5.35. The SMILES string of the molecule is Oc1[nH]c2cc(Cl)ccc2c1C=NCc1ccncc1. The molecule has 5 heteroatoms. The Morgan fingerprint density at radius 1 is 1.25 bits per heavy atom. The molecule has 2 aromatic heterocycles. The highest BCUT2D eigenvalue weighted by Crippen LogP contribution is 2.27. The Balaban J connectivity index is 1.89. The molecule has 100 valence electrons. The quantitative estimate of drug-likeness (QED) is 0.723. The third-order valence-corrected chi connectivity index (χ3v) is 3.26. The molecule has 0 amide bonds. The van der Waals surface area contributed by atoms with Gasteiger partial charge in [0.05, 0.1) is 17.6 Å². The van der Waals surface area contributed by atoms with E-state index in [1.165, 1.54) is 0 Å². The van der Waals surface area contributed by atoms with Gasteiger partial charge in [0.1, 0.15) is 0 Å². The topological polar surface area (TPSA) is 61.3 Å². The Morgan fingerprint density at radius 2 is 2.05 bits per heavy atom. The van der Waals surface area contributed by atoms with E-state index in [2.05, 4.69) is 15.0 Å². The molecular weight excluding hydrogens is 274 g/mol. The molecule has 2 N–H and O–H groups in total. The molecule has 0 aliphatic carbocycles. The van der Waals surface area contributed by atoms with Crippen molar-refractivity contribution in [2.24, 2.45) is 4.99 Å². The van der Waals surface area contributed by atoms with Crippen LogP contribution in [0.2, 0.25) is 5.02 Å². The molecule has 1 aromatic carbocycles. The van der Waals surface area contributed by atoms with Gasteiger partial charge < -0.3 is 10.1 Å². The minimum absolute atomic E-state index is 0.0979. The number of rotatable bonds is 3. The van der Waals surface area contributed by atoms with Crippen molar-refractivity contribution in [2.75, 3.05) is 0 Å². The smallest absolute Gasteiger partial charge is 0.198 e. The fourth-order valence-electron chi connectivity index (χ4n) is 2.04. The standard InChI is InChI=1S/C15H12ClN3O/c16-11-1-2-12-13(15(20)19-14(12)7-11)9-18-8-10-3-5-17-6-4-10/h1-7,9,19-20H,8H2. The number of aromatic nitrogens is 2. The molecule has 0 aliphatic heterocycles. The number of halogens is 1. The zero-order valence-electron chi connectivity index (χ0n) is 10.5. The first kappa shape index (κ1) is 12.7. The normalized spacial score (nSPS) is 11.4. The number of aromatic amines is 1. The molecule has 2 heterocycles. The summed E-state index contributed by atoms with van der Waals surface area (Å²) in [6, 6.07) is 9.24. The monoisotopic (exact) mass is 285 g/mol. The van der Waals surface area contributed by atoms with E-state index in [4.69, 9.17) is 11.6 Å². The minimum atomic E-state index is 0.0979. The third kappa shape index (κ3) is 2.51. The largest absolute Gasteiger partial charge is 0.494 e. The highest BCUT2D eigenvalue weighted by Gasteiger charge is 2.08. The molecule has 4 nitrogen and oxygen atoms in total. The number of aromatic hydroxyl groups is 1. The van der Waals surface area contributed by atoms with Crippen molar-refractivity contribution >= 4 is 28.7 Å². The Kier molecular flexibility index (Phi) is 3.39. The second-order valence-corrected chi connectivity index (χ2v) is 4.84. The predicted molar refractivity (Wildman–Crippen MR) is 80.5 cm³/mol. The van der Waals surface area contributed by atoms with E-state index in [-0.39, 0.29) is 5.88 Å². The first-order valence-electron chi connectivity index (χ1n) is 6.13. The average Bonchev–Trinajstić information content (AvgIpc) is 2.75. The van der Waals surface area contributed by atoms with E-state index in [0.29, 0.717) is 17.1 Å². The van der Waals surface area contributed by atoms with Gasteiger partial charge in [-0.05, 0) is 29.8 Å². The molecule has 0 saturated carbocycles. The zero-order chi connectivity index (χ0) is 13.9. The summed E-state index contributed by atoms with van der Waals surface area (Å²) in [5.74, 6) is 0.0979. The number of hydrogen-bond acceptors (Lipinski definition) is 3. The maximum atomic E-state index is 9.92. The Hall–Kier alpha value is -2.33. The summed E-state index contributed by atoms with van der Waals surface area (Å²) in [4.78, 5) is 11.2. The van der Waals surface area contributed by atoms with E-state index in [1.807, 2.05) is 18.2 Å². The molecule has 3 rings (SSSR count). The average molecular weight is 286 g/mol. The number of nitrogens with one attached hydrogen (secondary N) is 1. The Morgan fingerprint density at radius 3 is 2.85 bits per heavy atom. The van der Waals surface area contributed by atoms with Crippen LogP contribution in [0.5, 0.6) is 5.88 Å². The van der Waals surface area contributed by atoms with Crippen molar-refractivity contribution in [3.8, 4) is 5.88 Å². The fourth-order valence-corrected chi connectivity index (χ4v) is 2.21. The van der Waals surface area contributed by atoms with Crippen LogP contribution in [0.4, 0.5) is 0 Å². The lowest BCUT2D eigenvalue weighted by atomic mass is 10.2. The summed E-state index contributed by atoms with van der Waals surface area (Å²) in [6.45, 7) is 0.544. The summed E-state index contributed by atoms with van der Waals surface area (Å²) in [5, 5.41) is 11.4. The Labute approximate surface area is 120 Å².